The molecule has 88 valence electrons. The summed E-state index contributed by atoms with van der Waals surface area (Å²) in [5.41, 5.74) is 5.33. The number of nitrogens with two attached hydrogens (primary N) is 1. The summed E-state index contributed by atoms with van der Waals surface area (Å²) in [6, 6.07) is 0.0589. The Balaban J connectivity index is 2.14. The van der Waals surface area contributed by atoms with Crippen molar-refractivity contribution in [2.45, 2.75) is 31.7 Å². The Labute approximate surface area is 93.7 Å². The summed E-state index contributed by atoms with van der Waals surface area (Å²) in [7, 11) is -3.87. The molecular weight excluding hydrogens is 230 g/mol. The second-order valence-electron chi connectivity index (χ2n) is 3.95. The molecule has 0 aromatic rings. The highest BCUT2D eigenvalue weighted by Gasteiger charge is 2.32. The summed E-state index contributed by atoms with van der Waals surface area (Å²) in [6.07, 6.45) is 4.89. The predicted molar refractivity (Wildman–Crippen MR) is 59.0 cm³/mol. The summed E-state index contributed by atoms with van der Waals surface area (Å²) in [5, 5.41) is 2.67. The number of hydrogen-bond donors (Lipinski definition) is 2. The van der Waals surface area contributed by atoms with Gasteiger partial charge in [-0.3, -0.25) is 4.79 Å². The van der Waals surface area contributed by atoms with E-state index in [0.29, 0.717) is 0 Å². The lowest BCUT2D eigenvalue weighted by Gasteiger charge is -2.11. The number of rotatable bonds is 2. The molecule has 0 radical (unpaired) electrons. The van der Waals surface area contributed by atoms with Gasteiger partial charge in [-0.05, 0) is 12.8 Å². The number of carbonyl (C=O) groups is 1. The van der Waals surface area contributed by atoms with Gasteiger partial charge in [0, 0.05) is 6.04 Å². The van der Waals surface area contributed by atoms with Crippen LogP contribution >= 0.6 is 0 Å². The molecule has 0 bridgehead atoms. The SMILES string of the molecule is NC1=C(C(=O)NC2CCCC2)S(=O)(=O)N=C1. The zero-order valence-corrected chi connectivity index (χ0v) is 9.46. The standard InChI is InChI=1S/C9H13N3O3S/c10-7-5-11-16(14,15)8(7)9(13)12-6-3-1-2-4-6/h5-6H,1-4,10H2,(H,12,13). The van der Waals surface area contributed by atoms with Crippen molar-refractivity contribution in [1.82, 2.24) is 5.32 Å². The maximum Gasteiger partial charge on any atom is 0.289 e. The van der Waals surface area contributed by atoms with Gasteiger partial charge in [0.25, 0.3) is 15.9 Å². The number of allylic oxidation sites excluding steroid dienone is 1. The quantitative estimate of drug-likeness (QED) is 0.690. The molecule has 7 heteroatoms. The Morgan fingerprint density at radius 3 is 2.56 bits per heavy atom. The summed E-state index contributed by atoms with van der Waals surface area (Å²) in [4.78, 5) is 11.3. The number of hydrogen-bond acceptors (Lipinski definition) is 4. The van der Waals surface area contributed by atoms with Crippen molar-refractivity contribution in [1.29, 1.82) is 0 Å². The number of sulfonamides is 1. The number of nitrogens with one attached hydrogen (secondary N) is 1. The summed E-state index contributed by atoms with van der Waals surface area (Å²) in [6.45, 7) is 0. The van der Waals surface area contributed by atoms with E-state index in [4.69, 9.17) is 5.73 Å². The van der Waals surface area contributed by atoms with Crippen LogP contribution in [0, 0.1) is 0 Å². The second-order valence-corrected chi connectivity index (χ2v) is 5.52. The lowest BCUT2D eigenvalue weighted by molar-refractivity contribution is -0.117. The van der Waals surface area contributed by atoms with Crippen LogP contribution in [0.4, 0.5) is 0 Å². The van der Waals surface area contributed by atoms with Gasteiger partial charge in [0.05, 0.1) is 11.9 Å². The zero-order valence-electron chi connectivity index (χ0n) is 8.64. The van der Waals surface area contributed by atoms with Gasteiger partial charge in [-0.1, -0.05) is 12.8 Å². The molecule has 0 aromatic carbocycles. The average Bonchev–Trinajstić information content (AvgIpc) is 2.75. The highest BCUT2D eigenvalue weighted by Crippen LogP contribution is 2.21. The van der Waals surface area contributed by atoms with Crippen LogP contribution in [0.15, 0.2) is 15.0 Å². The topological polar surface area (TPSA) is 102 Å². The van der Waals surface area contributed by atoms with E-state index in [0.717, 1.165) is 31.9 Å². The normalized spacial score (nSPS) is 24.0. The van der Waals surface area contributed by atoms with Gasteiger partial charge in [0.1, 0.15) is 0 Å². The first-order chi connectivity index (χ1) is 7.50. The number of amides is 1. The molecule has 0 atom stereocenters. The third-order valence-corrected chi connectivity index (χ3v) is 4.07. The average molecular weight is 243 g/mol. The van der Waals surface area contributed by atoms with Crippen LogP contribution in [0.3, 0.4) is 0 Å². The van der Waals surface area contributed by atoms with Gasteiger partial charge in [-0.25, -0.2) is 0 Å². The maximum absolute atomic E-state index is 11.7. The molecular formula is C9H13N3O3S. The van der Waals surface area contributed by atoms with Crippen molar-refractivity contribution >= 4 is 22.1 Å². The van der Waals surface area contributed by atoms with Crippen molar-refractivity contribution < 1.29 is 13.2 Å². The molecule has 6 nitrogen and oxygen atoms in total. The molecule has 1 aliphatic heterocycles. The fraction of sp³-hybridized carbons (Fsp3) is 0.556. The molecule has 0 unspecified atom stereocenters. The van der Waals surface area contributed by atoms with Crippen molar-refractivity contribution in [3.05, 3.63) is 10.6 Å². The molecule has 1 heterocycles. The van der Waals surface area contributed by atoms with Gasteiger partial charge in [-0.2, -0.15) is 12.8 Å². The van der Waals surface area contributed by atoms with Gasteiger partial charge in [0.15, 0.2) is 4.91 Å². The van der Waals surface area contributed by atoms with Gasteiger partial charge in [0.2, 0.25) is 0 Å². The van der Waals surface area contributed by atoms with Crippen molar-refractivity contribution in [2.24, 2.45) is 10.1 Å². The minimum Gasteiger partial charge on any atom is -0.396 e. The molecule has 0 spiro atoms. The van der Waals surface area contributed by atoms with Crippen LogP contribution in [-0.4, -0.2) is 26.6 Å². The van der Waals surface area contributed by atoms with E-state index in [2.05, 4.69) is 9.71 Å². The van der Waals surface area contributed by atoms with Gasteiger partial charge >= 0.3 is 0 Å². The molecule has 2 rings (SSSR count). The Morgan fingerprint density at radius 2 is 2.06 bits per heavy atom. The van der Waals surface area contributed by atoms with Gasteiger partial charge < -0.3 is 11.1 Å². The van der Waals surface area contributed by atoms with Crippen molar-refractivity contribution in [2.75, 3.05) is 0 Å². The zero-order chi connectivity index (χ0) is 11.8. The molecule has 0 saturated heterocycles. The molecule has 1 fully saturated rings. The molecule has 1 saturated carbocycles. The van der Waals surface area contributed by atoms with Gasteiger partial charge in [-0.15, -0.1) is 0 Å². The largest absolute Gasteiger partial charge is 0.396 e. The Morgan fingerprint density at radius 1 is 1.44 bits per heavy atom. The fourth-order valence-corrected chi connectivity index (χ4v) is 2.96. The summed E-state index contributed by atoms with van der Waals surface area (Å²) < 4.78 is 26.0. The first kappa shape index (κ1) is 11.1. The van der Waals surface area contributed by atoms with E-state index in [1.807, 2.05) is 0 Å². The van der Waals surface area contributed by atoms with Crippen LogP contribution in [0.5, 0.6) is 0 Å². The molecule has 0 aromatic heterocycles. The molecule has 1 aliphatic carbocycles. The van der Waals surface area contributed by atoms with E-state index in [9.17, 15) is 13.2 Å². The van der Waals surface area contributed by atoms with Crippen molar-refractivity contribution in [3.8, 4) is 0 Å². The Bertz CT molecular complexity index is 472. The van der Waals surface area contributed by atoms with E-state index in [1.54, 1.807) is 0 Å². The van der Waals surface area contributed by atoms with Crippen molar-refractivity contribution in [3.63, 3.8) is 0 Å². The highest BCUT2D eigenvalue weighted by molar-refractivity contribution is 7.95. The molecule has 2 aliphatic rings. The van der Waals surface area contributed by atoms with E-state index >= 15 is 0 Å². The Hall–Kier alpha value is -1.37. The summed E-state index contributed by atoms with van der Waals surface area (Å²) in [5.74, 6) is -0.637. The van der Waals surface area contributed by atoms with Crippen LogP contribution in [0.1, 0.15) is 25.7 Å². The monoisotopic (exact) mass is 243 g/mol. The molecule has 3 N–H and O–H groups in total. The fourth-order valence-electron chi connectivity index (χ4n) is 1.96. The lowest BCUT2D eigenvalue weighted by Crippen LogP contribution is -2.35. The number of carbonyl (C=O) groups excluding carboxylic acids is 1. The minimum atomic E-state index is -3.87. The lowest BCUT2D eigenvalue weighted by atomic mass is 10.2. The molecule has 1 amide bonds. The van der Waals surface area contributed by atoms with E-state index in [-0.39, 0.29) is 11.7 Å². The first-order valence-corrected chi connectivity index (χ1v) is 6.55. The third kappa shape index (κ3) is 1.95. The smallest absolute Gasteiger partial charge is 0.289 e. The van der Waals surface area contributed by atoms with Crippen LogP contribution < -0.4 is 11.1 Å². The second kappa shape index (κ2) is 3.89. The van der Waals surface area contributed by atoms with E-state index < -0.39 is 20.8 Å². The predicted octanol–water partition coefficient (Wildman–Crippen LogP) is -0.370. The van der Waals surface area contributed by atoms with Crippen LogP contribution in [0.25, 0.3) is 0 Å². The summed E-state index contributed by atoms with van der Waals surface area (Å²) >= 11 is 0. The Kier molecular flexibility index (Phi) is 2.71. The first-order valence-electron chi connectivity index (χ1n) is 5.11. The minimum absolute atomic E-state index is 0.0589. The van der Waals surface area contributed by atoms with Crippen LogP contribution in [-0.2, 0) is 14.8 Å². The maximum atomic E-state index is 11.7. The van der Waals surface area contributed by atoms with Crippen LogP contribution in [0.2, 0.25) is 0 Å². The van der Waals surface area contributed by atoms with E-state index in [1.165, 1.54) is 0 Å². The highest BCUT2D eigenvalue weighted by atomic mass is 32.2. The number of nitrogens with zero attached hydrogens (tertiary/aromatic N) is 1. The third-order valence-electron chi connectivity index (χ3n) is 2.75. The molecule has 16 heavy (non-hydrogen) atoms.